The normalized spacial score (nSPS) is 14.5. The number of nitrogens with zero attached hydrogens (tertiary/aromatic N) is 3. The number of hydrogen-bond acceptors (Lipinski definition) is 9. The van der Waals surface area contributed by atoms with Gasteiger partial charge in [0, 0.05) is 49.5 Å². The highest BCUT2D eigenvalue weighted by molar-refractivity contribution is 5.95. The summed E-state index contributed by atoms with van der Waals surface area (Å²) in [6.07, 6.45) is 0.809. The van der Waals surface area contributed by atoms with E-state index in [-0.39, 0.29) is 18.3 Å². The number of carbonyl (C=O) groups is 1. The van der Waals surface area contributed by atoms with Crippen molar-refractivity contribution in [2.75, 3.05) is 65.6 Å². The van der Waals surface area contributed by atoms with Crippen LogP contribution in [-0.4, -0.2) is 88.9 Å². The summed E-state index contributed by atoms with van der Waals surface area (Å²) in [5.41, 5.74) is 4.54. The molecule has 1 unspecified atom stereocenters. The van der Waals surface area contributed by atoms with E-state index < -0.39 is 6.10 Å². The largest absolute Gasteiger partial charge is 0.493 e. The maximum atomic E-state index is 13.2. The SMILES string of the molecule is COc1cc(/C=N\NC(=O)c2ccc(OCC(O)CN3CCN(c4ccc(F)cc4)CC3)cc2)cc(OC)c1OC. The first-order valence-corrected chi connectivity index (χ1v) is 13.2. The highest BCUT2D eigenvalue weighted by Crippen LogP contribution is 2.37. The molecule has 0 radical (unpaired) electrons. The van der Waals surface area contributed by atoms with Crippen molar-refractivity contribution in [3.8, 4) is 23.0 Å². The van der Waals surface area contributed by atoms with E-state index in [9.17, 15) is 14.3 Å². The van der Waals surface area contributed by atoms with Crippen LogP contribution in [0.1, 0.15) is 15.9 Å². The lowest BCUT2D eigenvalue weighted by Crippen LogP contribution is -2.49. The van der Waals surface area contributed by atoms with E-state index in [1.807, 2.05) is 0 Å². The molecule has 3 aromatic carbocycles. The molecule has 1 saturated heterocycles. The molecule has 2 N–H and O–H groups in total. The average Bonchev–Trinajstić information content (AvgIpc) is 3.00. The van der Waals surface area contributed by atoms with Crippen LogP contribution >= 0.6 is 0 Å². The Morgan fingerprint density at radius 2 is 1.61 bits per heavy atom. The fourth-order valence-electron chi connectivity index (χ4n) is 4.49. The van der Waals surface area contributed by atoms with Crippen molar-refractivity contribution < 1.29 is 33.2 Å². The summed E-state index contributed by atoms with van der Waals surface area (Å²) in [4.78, 5) is 16.9. The van der Waals surface area contributed by atoms with E-state index >= 15 is 0 Å². The van der Waals surface area contributed by atoms with E-state index in [0.717, 1.165) is 31.9 Å². The number of β-amino-alcohol motifs (C(OH)–C–C–N with tert-alkyl or cyclic N) is 1. The van der Waals surface area contributed by atoms with Crippen molar-refractivity contribution in [3.63, 3.8) is 0 Å². The van der Waals surface area contributed by atoms with Gasteiger partial charge in [-0.3, -0.25) is 9.69 Å². The molecular weight excluding hydrogens is 531 g/mol. The van der Waals surface area contributed by atoms with E-state index in [0.29, 0.717) is 40.7 Å². The molecule has 0 aliphatic carbocycles. The summed E-state index contributed by atoms with van der Waals surface area (Å²) in [5, 5.41) is 14.5. The number of hydrazone groups is 1. The van der Waals surface area contributed by atoms with Crippen molar-refractivity contribution in [2.45, 2.75) is 6.10 Å². The zero-order valence-corrected chi connectivity index (χ0v) is 23.4. The molecule has 1 amide bonds. The number of rotatable bonds is 12. The van der Waals surface area contributed by atoms with Gasteiger partial charge in [0.05, 0.1) is 27.5 Å². The van der Waals surface area contributed by atoms with Gasteiger partial charge in [-0.15, -0.1) is 0 Å². The second-order valence-corrected chi connectivity index (χ2v) is 9.41. The number of aliphatic hydroxyl groups is 1. The molecule has 1 atom stereocenters. The van der Waals surface area contributed by atoms with Crippen LogP contribution in [0.2, 0.25) is 0 Å². The zero-order chi connectivity index (χ0) is 29.2. The van der Waals surface area contributed by atoms with Crippen LogP contribution in [0.3, 0.4) is 0 Å². The van der Waals surface area contributed by atoms with Crippen molar-refractivity contribution in [3.05, 3.63) is 77.6 Å². The summed E-state index contributed by atoms with van der Waals surface area (Å²) < 4.78 is 34.9. The van der Waals surface area contributed by atoms with Crippen molar-refractivity contribution in [1.82, 2.24) is 10.3 Å². The number of benzene rings is 3. The molecule has 3 aromatic rings. The van der Waals surface area contributed by atoms with Gasteiger partial charge in [0.1, 0.15) is 24.3 Å². The number of amides is 1. The van der Waals surface area contributed by atoms with Gasteiger partial charge in [0.2, 0.25) is 5.75 Å². The number of hydrogen-bond donors (Lipinski definition) is 2. The Hall–Kier alpha value is -4.35. The third-order valence-electron chi connectivity index (χ3n) is 6.66. The second-order valence-electron chi connectivity index (χ2n) is 9.41. The molecule has 0 bridgehead atoms. The minimum atomic E-state index is -0.667. The zero-order valence-electron chi connectivity index (χ0n) is 23.4. The molecular formula is C30H35FN4O6. The van der Waals surface area contributed by atoms with E-state index in [1.165, 1.54) is 39.7 Å². The number of ether oxygens (including phenoxy) is 4. The molecule has 11 heteroatoms. The highest BCUT2D eigenvalue weighted by Gasteiger charge is 2.20. The summed E-state index contributed by atoms with van der Waals surface area (Å²) in [7, 11) is 4.57. The first kappa shape index (κ1) is 29.6. The van der Waals surface area contributed by atoms with Gasteiger partial charge in [-0.1, -0.05) is 0 Å². The van der Waals surface area contributed by atoms with Gasteiger partial charge in [-0.2, -0.15) is 5.10 Å². The van der Waals surface area contributed by atoms with Crippen molar-refractivity contribution in [2.24, 2.45) is 5.10 Å². The maximum absolute atomic E-state index is 13.2. The number of halogens is 1. The number of aliphatic hydroxyl groups excluding tert-OH is 1. The summed E-state index contributed by atoms with van der Waals surface area (Å²) in [6, 6.07) is 16.5. The van der Waals surface area contributed by atoms with Gasteiger partial charge in [0.15, 0.2) is 11.5 Å². The molecule has 218 valence electrons. The van der Waals surface area contributed by atoms with Crippen molar-refractivity contribution in [1.29, 1.82) is 0 Å². The molecule has 0 aromatic heterocycles. The summed E-state index contributed by atoms with van der Waals surface area (Å²) in [6.45, 7) is 3.80. The maximum Gasteiger partial charge on any atom is 0.271 e. The number of carbonyl (C=O) groups excluding carboxylic acids is 1. The Morgan fingerprint density at radius 3 is 2.20 bits per heavy atom. The lowest BCUT2D eigenvalue weighted by atomic mass is 10.2. The summed E-state index contributed by atoms with van der Waals surface area (Å²) in [5.74, 6) is 1.33. The van der Waals surface area contributed by atoms with Crippen LogP contribution in [0.25, 0.3) is 0 Å². The molecule has 1 heterocycles. The third kappa shape index (κ3) is 8.09. The van der Waals surface area contributed by atoms with E-state index in [4.69, 9.17) is 18.9 Å². The Labute approximate surface area is 238 Å². The second kappa shape index (κ2) is 14.3. The minimum absolute atomic E-state index is 0.128. The Kier molecular flexibility index (Phi) is 10.4. The predicted octanol–water partition coefficient (Wildman–Crippen LogP) is 3.18. The lowest BCUT2D eigenvalue weighted by molar-refractivity contribution is 0.0663. The quantitative estimate of drug-likeness (QED) is 0.255. The van der Waals surface area contributed by atoms with Crippen LogP contribution in [-0.2, 0) is 0 Å². The molecule has 4 rings (SSSR count). The van der Waals surface area contributed by atoms with Crippen molar-refractivity contribution >= 4 is 17.8 Å². The molecule has 10 nitrogen and oxygen atoms in total. The highest BCUT2D eigenvalue weighted by atomic mass is 19.1. The number of methoxy groups -OCH3 is 3. The smallest absolute Gasteiger partial charge is 0.271 e. The van der Waals surface area contributed by atoms with Gasteiger partial charge in [-0.05, 0) is 60.7 Å². The summed E-state index contributed by atoms with van der Waals surface area (Å²) >= 11 is 0. The van der Waals surface area contributed by atoms with Gasteiger partial charge in [-0.25, -0.2) is 9.82 Å². The number of piperazine rings is 1. The predicted molar refractivity (Wildman–Crippen MR) is 154 cm³/mol. The molecule has 1 aliphatic rings. The van der Waals surface area contributed by atoms with E-state index in [1.54, 1.807) is 48.5 Å². The van der Waals surface area contributed by atoms with Crippen LogP contribution < -0.4 is 29.3 Å². The third-order valence-corrected chi connectivity index (χ3v) is 6.66. The van der Waals surface area contributed by atoms with Crippen LogP contribution in [0.15, 0.2) is 65.8 Å². The van der Waals surface area contributed by atoms with E-state index in [2.05, 4.69) is 20.3 Å². The number of anilines is 1. The Bertz CT molecular complexity index is 1290. The van der Waals surface area contributed by atoms with Crippen LogP contribution in [0.5, 0.6) is 23.0 Å². The van der Waals surface area contributed by atoms with Crippen LogP contribution in [0.4, 0.5) is 10.1 Å². The topological polar surface area (TPSA) is 105 Å². The standard InChI is InChI=1S/C30H35FN4O6/c1-38-27-16-21(17-28(39-2)29(27)40-3)18-32-33-30(37)22-4-10-26(11-5-22)41-20-25(36)19-34-12-14-35(15-13-34)24-8-6-23(31)7-9-24/h4-11,16-18,25,36H,12-15,19-20H2,1-3H3,(H,33,37)/b32-18-. The monoisotopic (exact) mass is 566 g/mol. The fraction of sp³-hybridized carbons (Fsp3) is 0.333. The first-order valence-electron chi connectivity index (χ1n) is 13.2. The van der Waals surface area contributed by atoms with Crippen LogP contribution in [0, 0.1) is 5.82 Å². The molecule has 0 saturated carbocycles. The Balaban J connectivity index is 1.20. The lowest BCUT2D eigenvalue weighted by Gasteiger charge is -2.36. The first-order chi connectivity index (χ1) is 19.9. The molecule has 0 spiro atoms. The molecule has 41 heavy (non-hydrogen) atoms. The fourth-order valence-corrected chi connectivity index (χ4v) is 4.49. The van der Waals surface area contributed by atoms with Gasteiger partial charge in [0.25, 0.3) is 5.91 Å². The average molecular weight is 567 g/mol. The number of nitrogens with one attached hydrogen (secondary N) is 1. The molecule has 1 aliphatic heterocycles. The molecule has 1 fully saturated rings. The van der Waals surface area contributed by atoms with Gasteiger partial charge >= 0.3 is 0 Å². The van der Waals surface area contributed by atoms with Gasteiger partial charge < -0.3 is 29.0 Å². The Morgan fingerprint density at radius 1 is 0.976 bits per heavy atom. The minimum Gasteiger partial charge on any atom is -0.493 e.